The molecule has 0 spiro atoms. The fraction of sp³-hybridized carbons (Fsp3) is 0.0417. The molecule has 0 amide bonds. The van der Waals surface area contributed by atoms with Gasteiger partial charge in [-0.2, -0.15) is 0 Å². The summed E-state index contributed by atoms with van der Waals surface area (Å²) in [5, 5.41) is 0. The molecule has 28 heavy (non-hydrogen) atoms. The van der Waals surface area contributed by atoms with Gasteiger partial charge in [0.25, 0.3) is 0 Å². The Morgan fingerprint density at radius 3 is 1.79 bits per heavy atom. The molecule has 0 radical (unpaired) electrons. The van der Waals surface area contributed by atoms with Crippen molar-refractivity contribution in [1.29, 1.82) is 0 Å². The number of nitrogens with zero attached hydrogens (tertiary/aromatic N) is 1. The van der Waals surface area contributed by atoms with E-state index in [-0.39, 0.29) is 5.97 Å². The van der Waals surface area contributed by atoms with Crippen LogP contribution in [0.4, 0.5) is 17.1 Å². The van der Waals surface area contributed by atoms with Gasteiger partial charge in [0, 0.05) is 21.9 Å². The highest BCUT2D eigenvalue weighted by molar-refractivity contribution is 7.17. The Kier molecular flexibility index (Phi) is 5.22. The van der Waals surface area contributed by atoms with Gasteiger partial charge in [0.05, 0.1) is 7.11 Å². The van der Waals surface area contributed by atoms with Crippen molar-refractivity contribution in [2.24, 2.45) is 0 Å². The molecule has 0 saturated carbocycles. The van der Waals surface area contributed by atoms with Crippen LogP contribution < -0.4 is 4.90 Å². The monoisotopic (exact) mass is 385 g/mol. The number of rotatable bonds is 5. The molecule has 138 valence electrons. The van der Waals surface area contributed by atoms with Crippen molar-refractivity contribution in [2.75, 3.05) is 12.0 Å². The van der Waals surface area contributed by atoms with E-state index in [0.29, 0.717) is 4.88 Å². The molecule has 0 fully saturated rings. The van der Waals surface area contributed by atoms with E-state index in [4.69, 9.17) is 4.74 Å². The highest BCUT2D eigenvalue weighted by atomic mass is 32.1. The molecule has 4 heteroatoms. The first-order valence-corrected chi connectivity index (χ1v) is 9.77. The number of ether oxygens (including phenoxy) is 1. The molecule has 0 aliphatic heterocycles. The number of hydrogen-bond donors (Lipinski definition) is 0. The number of carbonyl (C=O) groups is 1. The van der Waals surface area contributed by atoms with E-state index in [1.165, 1.54) is 18.4 Å². The van der Waals surface area contributed by atoms with E-state index in [1.807, 2.05) is 42.5 Å². The van der Waals surface area contributed by atoms with E-state index >= 15 is 0 Å². The predicted octanol–water partition coefficient (Wildman–Crippen LogP) is 6.67. The Balaban J connectivity index is 1.69. The lowest BCUT2D eigenvalue weighted by Crippen LogP contribution is -2.09. The van der Waals surface area contributed by atoms with Crippen molar-refractivity contribution in [3.63, 3.8) is 0 Å². The second-order valence-corrected chi connectivity index (χ2v) is 7.29. The van der Waals surface area contributed by atoms with Gasteiger partial charge in [-0.1, -0.05) is 48.5 Å². The molecule has 0 aliphatic rings. The van der Waals surface area contributed by atoms with Gasteiger partial charge in [-0.3, -0.25) is 0 Å². The lowest BCUT2D eigenvalue weighted by molar-refractivity contribution is 0.0606. The molecule has 3 nitrogen and oxygen atoms in total. The summed E-state index contributed by atoms with van der Waals surface area (Å²) in [6.07, 6.45) is 0. The second kappa shape index (κ2) is 8.11. The van der Waals surface area contributed by atoms with Gasteiger partial charge in [-0.25, -0.2) is 4.79 Å². The van der Waals surface area contributed by atoms with Crippen molar-refractivity contribution in [3.05, 3.63) is 102 Å². The number of methoxy groups -OCH3 is 1. The van der Waals surface area contributed by atoms with Crippen LogP contribution in [0.2, 0.25) is 0 Å². The molecule has 4 rings (SSSR count). The largest absolute Gasteiger partial charge is 0.465 e. The van der Waals surface area contributed by atoms with E-state index in [0.717, 1.165) is 27.5 Å². The van der Waals surface area contributed by atoms with Crippen LogP contribution in [0.3, 0.4) is 0 Å². The van der Waals surface area contributed by atoms with Crippen LogP contribution in [0.5, 0.6) is 0 Å². The molecule has 0 unspecified atom stereocenters. The summed E-state index contributed by atoms with van der Waals surface area (Å²) in [6, 6.07) is 32.7. The molecular formula is C24H19NO2S. The smallest absolute Gasteiger partial charge is 0.348 e. The van der Waals surface area contributed by atoms with Crippen molar-refractivity contribution in [2.45, 2.75) is 0 Å². The lowest BCUT2D eigenvalue weighted by Gasteiger charge is -2.25. The minimum absolute atomic E-state index is 0.299. The summed E-state index contributed by atoms with van der Waals surface area (Å²) < 4.78 is 4.80. The van der Waals surface area contributed by atoms with Crippen molar-refractivity contribution < 1.29 is 9.53 Å². The number of carbonyl (C=O) groups excluding carboxylic acids is 1. The average Bonchev–Trinajstić information content (AvgIpc) is 3.26. The van der Waals surface area contributed by atoms with Crippen LogP contribution in [0, 0.1) is 0 Å². The zero-order valence-corrected chi connectivity index (χ0v) is 16.2. The number of esters is 1. The maximum atomic E-state index is 11.7. The fourth-order valence-electron chi connectivity index (χ4n) is 3.08. The Bertz CT molecular complexity index is 1020. The molecule has 3 aromatic carbocycles. The lowest BCUT2D eigenvalue weighted by atomic mass is 10.1. The number of benzene rings is 3. The van der Waals surface area contributed by atoms with Crippen LogP contribution in [-0.2, 0) is 4.74 Å². The normalized spacial score (nSPS) is 10.5. The van der Waals surface area contributed by atoms with Crippen molar-refractivity contribution in [3.8, 4) is 10.4 Å². The third kappa shape index (κ3) is 3.68. The molecule has 0 saturated heterocycles. The summed E-state index contributed by atoms with van der Waals surface area (Å²) in [5.41, 5.74) is 4.35. The molecule has 1 aromatic heterocycles. The van der Waals surface area contributed by atoms with Crippen LogP contribution >= 0.6 is 11.3 Å². The fourth-order valence-corrected chi connectivity index (χ4v) is 4.01. The molecular weight excluding hydrogens is 366 g/mol. The quantitative estimate of drug-likeness (QED) is 0.359. The van der Waals surface area contributed by atoms with E-state index in [2.05, 4.69) is 53.4 Å². The SMILES string of the molecule is COC(=O)c1ccc(-c2ccc(N(c3ccccc3)c3ccccc3)cc2)s1. The van der Waals surface area contributed by atoms with Gasteiger partial charge in [-0.05, 0) is 54.1 Å². The zero-order valence-electron chi connectivity index (χ0n) is 15.4. The Morgan fingerprint density at radius 2 is 1.25 bits per heavy atom. The molecule has 1 heterocycles. The molecule has 0 N–H and O–H groups in total. The first-order chi connectivity index (χ1) is 13.8. The maximum Gasteiger partial charge on any atom is 0.348 e. The molecule has 4 aromatic rings. The van der Waals surface area contributed by atoms with Crippen LogP contribution in [0.1, 0.15) is 9.67 Å². The average molecular weight is 385 g/mol. The van der Waals surface area contributed by atoms with Gasteiger partial charge in [0.15, 0.2) is 0 Å². The molecule has 0 aliphatic carbocycles. The highest BCUT2D eigenvalue weighted by Gasteiger charge is 2.13. The summed E-state index contributed by atoms with van der Waals surface area (Å²) in [6.45, 7) is 0. The van der Waals surface area contributed by atoms with E-state index in [1.54, 1.807) is 6.07 Å². The third-order valence-corrected chi connectivity index (χ3v) is 5.55. The van der Waals surface area contributed by atoms with E-state index in [9.17, 15) is 4.79 Å². The number of hydrogen-bond acceptors (Lipinski definition) is 4. The van der Waals surface area contributed by atoms with Gasteiger partial charge in [-0.15, -0.1) is 11.3 Å². The summed E-state index contributed by atoms with van der Waals surface area (Å²) in [5.74, 6) is -0.299. The zero-order chi connectivity index (χ0) is 19.3. The van der Waals surface area contributed by atoms with Crippen molar-refractivity contribution in [1.82, 2.24) is 0 Å². The number of anilines is 3. The summed E-state index contributed by atoms with van der Waals surface area (Å²) in [4.78, 5) is 15.6. The van der Waals surface area contributed by atoms with E-state index < -0.39 is 0 Å². The van der Waals surface area contributed by atoms with Gasteiger partial charge < -0.3 is 9.64 Å². The standard InChI is InChI=1S/C24H19NO2S/c1-27-24(26)23-17-16-22(28-23)18-12-14-21(15-13-18)25(19-8-4-2-5-9-19)20-10-6-3-7-11-20/h2-17H,1H3. The van der Waals surface area contributed by atoms with Gasteiger partial charge in [0.1, 0.15) is 4.88 Å². The third-order valence-electron chi connectivity index (χ3n) is 4.43. The topological polar surface area (TPSA) is 29.5 Å². The first-order valence-electron chi connectivity index (χ1n) is 8.95. The maximum absolute atomic E-state index is 11.7. The summed E-state index contributed by atoms with van der Waals surface area (Å²) in [7, 11) is 1.40. The molecule has 0 bridgehead atoms. The second-order valence-electron chi connectivity index (χ2n) is 6.21. The first kappa shape index (κ1) is 18.0. The van der Waals surface area contributed by atoms with Crippen LogP contribution in [0.15, 0.2) is 97.1 Å². The van der Waals surface area contributed by atoms with Crippen LogP contribution in [0.25, 0.3) is 10.4 Å². The van der Waals surface area contributed by atoms with Gasteiger partial charge in [0.2, 0.25) is 0 Å². The summed E-state index contributed by atoms with van der Waals surface area (Å²) >= 11 is 1.44. The van der Waals surface area contributed by atoms with Crippen molar-refractivity contribution >= 4 is 34.4 Å². The Labute approximate surface area is 168 Å². The predicted molar refractivity (Wildman–Crippen MR) is 116 cm³/mol. The molecule has 0 atom stereocenters. The highest BCUT2D eigenvalue weighted by Crippen LogP contribution is 2.36. The minimum atomic E-state index is -0.299. The Morgan fingerprint density at radius 1 is 0.714 bits per heavy atom. The number of thiophene rings is 1. The minimum Gasteiger partial charge on any atom is -0.465 e. The van der Waals surface area contributed by atoms with Gasteiger partial charge >= 0.3 is 5.97 Å². The van der Waals surface area contributed by atoms with Crippen LogP contribution in [-0.4, -0.2) is 13.1 Å². The Hall–Kier alpha value is -3.37. The number of para-hydroxylation sites is 2.